The van der Waals surface area contributed by atoms with Gasteiger partial charge in [-0.1, -0.05) is 24.3 Å². The number of para-hydroxylation sites is 1. The fourth-order valence-corrected chi connectivity index (χ4v) is 3.87. The molecule has 0 saturated carbocycles. The summed E-state index contributed by atoms with van der Waals surface area (Å²) in [5, 5.41) is 5.05. The fraction of sp³-hybridized carbons (Fsp3) is 0.227. The summed E-state index contributed by atoms with van der Waals surface area (Å²) >= 11 is 1.65. The van der Waals surface area contributed by atoms with Gasteiger partial charge in [0.05, 0.1) is 6.10 Å². The van der Waals surface area contributed by atoms with Gasteiger partial charge >= 0.3 is 0 Å². The number of anilines is 1. The van der Waals surface area contributed by atoms with Crippen molar-refractivity contribution < 1.29 is 14.3 Å². The Bertz CT molecular complexity index is 884. The van der Waals surface area contributed by atoms with Crippen molar-refractivity contribution in [3.8, 4) is 16.2 Å². The fourth-order valence-electron chi connectivity index (χ4n) is 3.10. The number of nitrogens with one attached hydrogen (secondary N) is 1. The SMILES string of the molecule is O=C(Nc1ccccc1-c1cccs1)c1ccc(OCC2CCCO2)cc1. The van der Waals surface area contributed by atoms with Gasteiger partial charge in [0, 0.05) is 28.3 Å². The number of carbonyl (C=O) groups excluding carboxylic acids is 1. The van der Waals surface area contributed by atoms with Crippen LogP contribution in [0.15, 0.2) is 66.0 Å². The largest absolute Gasteiger partial charge is 0.491 e. The molecule has 0 aliphatic carbocycles. The second-order valence-electron chi connectivity index (χ2n) is 6.45. The third-order valence-corrected chi connectivity index (χ3v) is 5.44. The van der Waals surface area contributed by atoms with E-state index >= 15 is 0 Å². The van der Waals surface area contributed by atoms with Gasteiger partial charge in [-0.05, 0) is 54.6 Å². The van der Waals surface area contributed by atoms with E-state index in [-0.39, 0.29) is 12.0 Å². The van der Waals surface area contributed by atoms with Crippen molar-refractivity contribution in [2.75, 3.05) is 18.5 Å². The molecule has 1 saturated heterocycles. The number of amides is 1. The number of ether oxygens (including phenoxy) is 2. The Morgan fingerprint density at radius 3 is 2.70 bits per heavy atom. The van der Waals surface area contributed by atoms with Gasteiger partial charge in [0.15, 0.2) is 0 Å². The molecule has 2 aromatic carbocycles. The Kier molecular flexibility index (Phi) is 5.51. The van der Waals surface area contributed by atoms with Gasteiger partial charge in [-0.2, -0.15) is 0 Å². The average Bonchev–Trinajstić information content (AvgIpc) is 3.41. The maximum atomic E-state index is 12.6. The molecule has 5 heteroatoms. The van der Waals surface area contributed by atoms with Crippen molar-refractivity contribution >= 4 is 22.9 Å². The average molecular weight is 379 g/mol. The van der Waals surface area contributed by atoms with Crippen LogP contribution in [0.2, 0.25) is 0 Å². The molecule has 0 bridgehead atoms. The Labute approximate surface area is 162 Å². The third kappa shape index (κ3) is 4.38. The quantitative estimate of drug-likeness (QED) is 0.638. The van der Waals surface area contributed by atoms with Crippen LogP contribution >= 0.6 is 11.3 Å². The van der Waals surface area contributed by atoms with Gasteiger partial charge in [-0.15, -0.1) is 11.3 Å². The van der Waals surface area contributed by atoms with Crippen molar-refractivity contribution in [3.05, 3.63) is 71.6 Å². The zero-order chi connectivity index (χ0) is 18.5. The Morgan fingerprint density at radius 2 is 1.96 bits per heavy atom. The molecule has 4 rings (SSSR count). The molecule has 0 spiro atoms. The highest BCUT2D eigenvalue weighted by Gasteiger charge is 2.16. The standard InChI is InChI=1S/C22H21NO3S/c24-22(23-20-7-2-1-6-19(20)21-8-4-14-27-21)16-9-11-17(12-10-16)26-15-18-5-3-13-25-18/h1-2,4,6-12,14,18H,3,5,13,15H2,(H,23,24). The van der Waals surface area contributed by atoms with Crippen LogP contribution in [-0.2, 0) is 4.74 Å². The number of thiophene rings is 1. The van der Waals surface area contributed by atoms with Crippen molar-refractivity contribution in [1.29, 1.82) is 0 Å². The summed E-state index contributed by atoms with van der Waals surface area (Å²) in [4.78, 5) is 13.8. The molecule has 1 N–H and O–H groups in total. The van der Waals surface area contributed by atoms with E-state index in [9.17, 15) is 4.79 Å². The lowest BCUT2D eigenvalue weighted by molar-refractivity contribution is 0.0679. The van der Waals surface area contributed by atoms with E-state index in [0.717, 1.165) is 41.3 Å². The number of carbonyl (C=O) groups is 1. The minimum absolute atomic E-state index is 0.135. The van der Waals surface area contributed by atoms with Gasteiger partial charge in [0.25, 0.3) is 5.91 Å². The van der Waals surface area contributed by atoms with E-state index in [4.69, 9.17) is 9.47 Å². The number of hydrogen-bond acceptors (Lipinski definition) is 4. The maximum absolute atomic E-state index is 12.6. The van der Waals surface area contributed by atoms with Crippen molar-refractivity contribution in [2.45, 2.75) is 18.9 Å². The maximum Gasteiger partial charge on any atom is 0.255 e. The van der Waals surface area contributed by atoms with E-state index < -0.39 is 0 Å². The highest BCUT2D eigenvalue weighted by Crippen LogP contribution is 2.31. The van der Waals surface area contributed by atoms with E-state index in [1.54, 1.807) is 23.5 Å². The highest BCUT2D eigenvalue weighted by atomic mass is 32.1. The topological polar surface area (TPSA) is 47.6 Å². The van der Waals surface area contributed by atoms with Crippen LogP contribution in [0.5, 0.6) is 5.75 Å². The molecule has 4 nitrogen and oxygen atoms in total. The monoisotopic (exact) mass is 379 g/mol. The minimum atomic E-state index is -0.135. The summed E-state index contributed by atoms with van der Waals surface area (Å²) in [5.41, 5.74) is 2.43. The first-order valence-corrected chi connectivity index (χ1v) is 9.96. The molecule has 0 radical (unpaired) electrons. The van der Waals surface area contributed by atoms with Crippen LogP contribution in [0.25, 0.3) is 10.4 Å². The number of benzene rings is 2. The van der Waals surface area contributed by atoms with Crippen LogP contribution in [0.1, 0.15) is 23.2 Å². The summed E-state index contributed by atoms with van der Waals surface area (Å²) < 4.78 is 11.3. The first kappa shape index (κ1) is 17.8. The van der Waals surface area contributed by atoms with Crippen LogP contribution < -0.4 is 10.1 Å². The number of rotatable bonds is 6. The minimum Gasteiger partial charge on any atom is -0.491 e. The van der Waals surface area contributed by atoms with Crippen molar-refractivity contribution in [3.63, 3.8) is 0 Å². The van der Waals surface area contributed by atoms with E-state index in [1.807, 2.05) is 47.8 Å². The highest BCUT2D eigenvalue weighted by molar-refractivity contribution is 7.13. The van der Waals surface area contributed by atoms with E-state index in [1.165, 1.54) is 0 Å². The number of hydrogen-bond donors (Lipinski definition) is 1. The predicted octanol–water partition coefficient (Wildman–Crippen LogP) is 5.23. The predicted molar refractivity (Wildman–Crippen MR) is 109 cm³/mol. The van der Waals surface area contributed by atoms with Crippen LogP contribution in [0.3, 0.4) is 0 Å². The molecule has 3 aromatic rings. The zero-order valence-corrected chi connectivity index (χ0v) is 15.7. The normalized spacial score (nSPS) is 16.2. The van der Waals surface area contributed by atoms with Crippen LogP contribution in [0.4, 0.5) is 5.69 Å². The first-order valence-electron chi connectivity index (χ1n) is 9.08. The molecule has 2 heterocycles. The lowest BCUT2D eigenvalue weighted by Gasteiger charge is -2.12. The lowest BCUT2D eigenvalue weighted by Crippen LogP contribution is -2.16. The summed E-state index contributed by atoms with van der Waals surface area (Å²) in [6, 6.07) is 19.1. The molecule has 1 fully saturated rings. The van der Waals surface area contributed by atoms with Crippen molar-refractivity contribution in [1.82, 2.24) is 0 Å². The summed E-state index contributed by atoms with van der Waals surface area (Å²) in [6.45, 7) is 1.37. The smallest absolute Gasteiger partial charge is 0.255 e. The molecular formula is C22H21NO3S. The summed E-state index contributed by atoms with van der Waals surface area (Å²) in [6.07, 6.45) is 2.33. The van der Waals surface area contributed by atoms with E-state index in [2.05, 4.69) is 11.4 Å². The first-order chi connectivity index (χ1) is 13.3. The second-order valence-corrected chi connectivity index (χ2v) is 7.40. The molecule has 138 valence electrons. The molecule has 1 atom stereocenters. The molecule has 27 heavy (non-hydrogen) atoms. The molecule has 1 amide bonds. The summed E-state index contributed by atoms with van der Waals surface area (Å²) in [5.74, 6) is 0.616. The summed E-state index contributed by atoms with van der Waals surface area (Å²) in [7, 11) is 0. The van der Waals surface area contributed by atoms with Gasteiger partial charge in [0.1, 0.15) is 12.4 Å². The van der Waals surface area contributed by atoms with Gasteiger partial charge in [-0.25, -0.2) is 0 Å². The van der Waals surface area contributed by atoms with Crippen LogP contribution in [-0.4, -0.2) is 25.2 Å². The molecule has 1 aliphatic rings. The van der Waals surface area contributed by atoms with Gasteiger partial charge < -0.3 is 14.8 Å². The Balaban J connectivity index is 1.41. The molecule has 1 aromatic heterocycles. The van der Waals surface area contributed by atoms with Crippen LogP contribution in [0, 0.1) is 0 Å². The van der Waals surface area contributed by atoms with Crippen molar-refractivity contribution in [2.24, 2.45) is 0 Å². The molecule has 1 aliphatic heterocycles. The lowest BCUT2D eigenvalue weighted by atomic mass is 10.1. The Hall–Kier alpha value is -2.63. The third-order valence-electron chi connectivity index (χ3n) is 4.54. The van der Waals surface area contributed by atoms with E-state index in [0.29, 0.717) is 12.2 Å². The van der Waals surface area contributed by atoms with Gasteiger partial charge in [0.2, 0.25) is 0 Å². The second kappa shape index (κ2) is 8.37. The molecular weight excluding hydrogens is 358 g/mol. The zero-order valence-electron chi connectivity index (χ0n) is 14.9. The van der Waals surface area contributed by atoms with Gasteiger partial charge in [-0.3, -0.25) is 4.79 Å². The Morgan fingerprint density at radius 1 is 1.11 bits per heavy atom. The molecule has 1 unspecified atom stereocenters.